The van der Waals surface area contributed by atoms with Crippen molar-refractivity contribution in [3.63, 3.8) is 0 Å². The monoisotopic (exact) mass is 214 g/mol. The molecule has 0 radical (unpaired) electrons. The zero-order valence-electron chi connectivity index (χ0n) is 7.24. The van der Waals surface area contributed by atoms with Crippen LogP contribution in [0.4, 0.5) is 4.39 Å². The van der Waals surface area contributed by atoms with Crippen LogP contribution in [0.5, 0.6) is 0 Å². The van der Waals surface area contributed by atoms with E-state index in [4.69, 9.17) is 16.3 Å². The van der Waals surface area contributed by atoms with Crippen LogP contribution in [0.15, 0.2) is 35.9 Å². The van der Waals surface area contributed by atoms with Crippen molar-refractivity contribution in [3.8, 4) is 0 Å². The van der Waals surface area contributed by atoms with Crippen molar-refractivity contribution in [3.05, 3.63) is 47.3 Å². The van der Waals surface area contributed by atoms with Crippen molar-refractivity contribution in [1.29, 1.82) is 0 Å². The van der Waals surface area contributed by atoms with Crippen LogP contribution in [0.25, 0.3) is 0 Å². The first-order valence-corrected chi connectivity index (χ1v) is 4.35. The van der Waals surface area contributed by atoms with Gasteiger partial charge in [-0.05, 0) is 30.3 Å². The van der Waals surface area contributed by atoms with Crippen molar-refractivity contribution >= 4 is 17.6 Å². The Morgan fingerprint density at radius 2 is 2.07 bits per heavy atom. The summed E-state index contributed by atoms with van der Waals surface area (Å²) in [4.78, 5) is 11.2. The summed E-state index contributed by atoms with van der Waals surface area (Å²) in [6.45, 7) is 0.111. The third-order valence-electron chi connectivity index (χ3n) is 1.48. The number of hydrogen-bond donors (Lipinski definition) is 0. The average molecular weight is 215 g/mol. The van der Waals surface area contributed by atoms with Gasteiger partial charge in [0.05, 0.1) is 5.56 Å². The normalized spacial score (nSPS) is 10.4. The molecule has 0 saturated heterocycles. The van der Waals surface area contributed by atoms with Gasteiger partial charge in [0.1, 0.15) is 12.4 Å². The first-order chi connectivity index (χ1) is 6.74. The minimum absolute atomic E-state index is 0.111. The lowest BCUT2D eigenvalue weighted by Gasteiger charge is -2.00. The van der Waals surface area contributed by atoms with Crippen molar-refractivity contribution < 1.29 is 13.9 Å². The molecule has 2 nitrogen and oxygen atoms in total. The summed E-state index contributed by atoms with van der Waals surface area (Å²) in [5.41, 5.74) is 1.58. The summed E-state index contributed by atoms with van der Waals surface area (Å²) in [7, 11) is 0. The fourth-order valence-electron chi connectivity index (χ4n) is 0.829. The van der Waals surface area contributed by atoms with Gasteiger partial charge in [-0.15, -0.1) is 0 Å². The molecular weight excluding hydrogens is 207 g/mol. The molecule has 0 saturated carbocycles. The maximum absolute atomic E-state index is 12.5. The molecule has 0 N–H and O–H groups in total. The van der Waals surface area contributed by atoms with Gasteiger partial charge in [-0.1, -0.05) is 11.6 Å². The number of carbonyl (C=O) groups is 1. The fourth-order valence-corrected chi connectivity index (χ4v) is 0.902. The lowest BCUT2D eigenvalue weighted by Crippen LogP contribution is -2.04. The molecule has 0 heterocycles. The van der Waals surface area contributed by atoms with Gasteiger partial charge in [0.2, 0.25) is 0 Å². The third-order valence-corrected chi connectivity index (χ3v) is 1.66. The summed E-state index contributed by atoms with van der Waals surface area (Å²) < 4.78 is 17.3. The lowest BCUT2D eigenvalue weighted by molar-refractivity contribution is 0.0549. The molecule has 0 fully saturated rings. The molecule has 1 aromatic carbocycles. The van der Waals surface area contributed by atoms with Crippen molar-refractivity contribution in [2.24, 2.45) is 0 Å². The predicted octanol–water partition coefficient (Wildman–Crippen LogP) is 2.74. The second-order valence-electron chi connectivity index (χ2n) is 2.47. The molecule has 14 heavy (non-hydrogen) atoms. The highest BCUT2D eigenvalue weighted by Crippen LogP contribution is 2.04. The molecule has 0 amide bonds. The summed E-state index contributed by atoms with van der Waals surface area (Å²) in [6.07, 6.45) is 1.49. The summed E-state index contributed by atoms with van der Waals surface area (Å²) in [5, 5.41) is 0. The van der Waals surface area contributed by atoms with Gasteiger partial charge in [0.25, 0.3) is 0 Å². The number of carbonyl (C=O) groups excluding carboxylic acids is 1. The number of esters is 1. The molecule has 0 aromatic heterocycles. The van der Waals surface area contributed by atoms with E-state index in [2.05, 4.69) is 0 Å². The van der Waals surface area contributed by atoms with Crippen molar-refractivity contribution in [2.75, 3.05) is 6.61 Å². The zero-order valence-corrected chi connectivity index (χ0v) is 8.00. The highest BCUT2D eigenvalue weighted by molar-refractivity contribution is 6.25. The van der Waals surface area contributed by atoms with Crippen LogP contribution in [-0.4, -0.2) is 12.6 Å². The molecule has 74 valence electrons. The highest BCUT2D eigenvalue weighted by Gasteiger charge is 2.05. The molecular formula is C10H8ClFO2. The van der Waals surface area contributed by atoms with E-state index in [1.165, 1.54) is 35.9 Å². The van der Waals surface area contributed by atoms with E-state index >= 15 is 0 Å². The van der Waals surface area contributed by atoms with E-state index in [1.54, 1.807) is 0 Å². The summed E-state index contributed by atoms with van der Waals surface area (Å²) in [5.74, 6) is -0.887. The molecule has 0 aliphatic heterocycles. The highest BCUT2D eigenvalue weighted by atomic mass is 35.5. The lowest BCUT2D eigenvalue weighted by atomic mass is 10.2. The number of hydrogen-bond acceptors (Lipinski definition) is 2. The van der Waals surface area contributed by atoms with Gasteiger partial charge in [0, 0.05) is 5.54 Å². The number of benzene rings is 1. The molecule has 0 bridgehead atoms. The largest absolute Gasteiger partial charge is 0.458 e. The number of rotatable bonds is 3. The average Bonchev–Trinajstić information content (AvgIpc) is 2.19. The van der Waals surface area contributed by atoms with E-state index in [0.717, 1.165) is 0 Å². The molecule has 0 aliphatic rings. The second-order valence-corrected chi connectivity index (χ2v) is 2.72. The SMILES string of the molecule is O=C(OC/C=C/Cl)c1ccc(F)cc1. The van der Waals surface area contributed by atoms with Crippen LogP contribution >= 0.6 is 11.6 Å². The number of ether oxygens (including phenoxy) is 1. The third kappa shape index (κ3) is 3.18. The molecule has 0 spiro atoms. The Morgan fingerprint density at radius 1 is 1.43 bits per heavy atom. The van der Waals surface area contributed by atoms with E-state index in [0.29, 0.717) is 5.56 Å². The van der Waals surface area contributed by atoms with Crippen LogP contribution in [0.1, 0.15) is 10.4 Å². The van der Waals surface area contributed by atoms with Crippen molar-refractivity contribution in [2.45, 2.75) is 0 Å². The van der Waals surface area contributed by atoms with Crippen LogP contribution < -0.4 is 0 Å². The quantitative estimate of drug-likeness (QED) is 0.724. The Labute approximate surface area is 85.9 Å². The maximum atomic E-state index is 12.5. The van der Waals surface area contributed by atoms with Gasteiger partial charge in [0.15, 0.2) is 0 Å². The van der Waals surface area contributed by atoms with Crippen LogP contribution in [0, 0.1) is 5.82 Å². The molecule has 4 heteroatoms. The van der Waals surface area contributed by atoms with E-state index in [1.807, 2.05) is 0 Å². The number of halogens is 2. The van der Waals surface area contributed by atoms with Crippen LogP contribution in [-0.2, 0) is 4.74 Å². The second kappa shape index (κ2) is 5.40. The topological polar surface area (TPSA) is 26.3 Å². The Kier molecular flexibility index (Phi) is 4.13. The molecule has 1 rings (SSSR count). The Hall–Kier alpha value is -1.35. The standard InChI is InChI=1S/C10H8ClFO2/c11-6-1-7-14-10(13)8-2-4-9(12)5-3-8/h1-6H,7H2/b6-1+. The first kappa shape index (κ1) is 10.7. The Balaban J connectivity index is 2.56. The summed E-state index contributed by atoms with van der Waals surface area (Å²) >= 11 is 5.23. The van der Waals surface area contributed by atoms with Gasteiger partial charge < -0.3 is 4.74 Å². The molecule has 1 aromatic rings. The molecule has 0 unspecified atom stereocenters. The Morgan fingerprint density at radius 3 is 2.64 bits per heavy atom. The Bertz CT molecular complexity index is 332. The molecule has 0 atom stereocenters. The van der Waals surface area contributed by atoms with E-state index in [-0.39, 0.29) is 12.4 Å². The van der Waals surface area contributed by atoms with Gasteiger partial charge in [-0.25, -0.2) is 9.18 Å². The van der Waals surface area contributed by atoms with E-state index in [9.17, 15) is 9.18 Å². The van der Waals surface area contributed by atoms with Crippen molar-refractivity contribution in [1.82, 2.24) is 0 Å². The smallest absolute Gasteiger partial charge is 0.338 e. The predicted molar refractivity (Wildman–Crippen MR) is 51.7 cm³/mol. The first-order valence-electron chi connectivity index (χ1n) is 3.92. The minimum atomic E-state index is -0.500. The molecule has 0 aliphatic carbocycles. The van der Waals surface area contributed by atoms with E-state index < -0.39 is 5.97 Å². The zero-order chi connectivity index (χ0) is 10.4. The fraction of sp³-hybridized carbons (Fsp3) is 0.100. The van der Waals surface area contributed by atoms with Gasteiger partial charge in [-0.2, -0.15) is 0 Å². The summed E-state index contributed by atoms with van der Waals surface area (Å²) in [6, 6.07) is 5.13. The minimum Gasteiger partial charge on any atom is -0.458 e. The van der Waals surface area contributed by atoms with Gasteiger partial charge >= 0.3 is 5.97 Å². The van der Waals surface area contributed by atoms with Crippen LogP contribution in [0.3, 0.4) is 0 Å². The van der Waals surface area contributed by atoms with Gasteiger partial charge in [-0.3, -0.25) is 0 Å². The maximum Gasteiger partial charge on any atom is 0.338 e. The van der Waals surface area contributed by atoms with Crippen LogP contribution in [0.2, 0.25) is 0 Å².